The molecule has 0 saturated carbocycles. The van der Waals surface area contributed by atoms with Crippen LogP contribution in [-0.4, -0.2) is 23.5 Å². The maximum Gasteiger partial charge on any atom is 0.298 e. The van der Waals surface area contributed by atoms with E-state index in [4.69, 9.17) is 9.26 Å². The average Bonchev–Trinajstić information content (AvgIpc) is 3.03. The number of aromatic nitrogens is 2. The van der Waals surface area contributed by atoms with E-state index < -0.39 is 11.2 Å². The second-order valence-corrected chi connectivity index (χ2v) is 6.72. The van der Waals surface area contributed by atoms with Gasteiger partial charge in [0.15, 0.2) is 5.95 Å². The van der Waals surface area contributed by atoms with Crippen molar-refractivity contribution in [1.29, 1.82) is 0 Å². The van der Waals surface area contributed by atoms with E-state index in [-0.39, 0.29) is 10.9 Å². The van der Waals surface area contributed by atoms with E-state index in [0.717, 1.165) is 11.8 Å². The molecule has 0 fully saturated rings. The number of amides is 1. The fourth-order valence-electron chi connectivity index (χ4n) is 2.24. The van der Waals surface area contributed by atoms with Crippen LogP contribution in [0.4, 0.5) is 5.69 Å². The third-order valence-corrected chi connectivity index (χ3v) is 4.70. The van der Waals surface area contributed by atoms with Gasteiger partial charge in [-0.15, -0.1) is 0 Å². The van der Waals surface area contributed by atoms with Gasteiger partial charge in [0.2, 0.25) is 11.6 Å². The molecule has 1 amide bonds. The molecular formula is C18H17N3O4S. The predicted octanol–water partition coefficient (Wildman–Crippen LogP) is 2.15. The molecule has 0 aliphatic carbocycles. The summed E-state index contributed by atoms with van der Waals surface area (Å²) >= 11 is 1.09. The maximum absolute atomic E-state index is 12.5. The first kappa shape index (κ1) is 17.8. The van der Waals surface area contributed by atoms with Crippen molar-refractivity contribution >= 4 is 23.4 Å². The van der Waals surface area contributed by atoms with Crippen LogP contribution in [0, 0.1) is 0 Å². The number of carbonyl (C=O) groups excluding carboxylic acids is 1. The molecule has 7 nitrogen and oxygen atoms in total. The average molecular weight is 371 g/mol. The molecule has 0 radical (unpaired) electrons. The SMILES string of the molecule is COc1cccc(NC(=O)C(C)Sc2c([O-])on[n+]2-c2ccccc2)c1. The number of thioether (sulfide) groups is 1. The Balaban J connectivity index is 1.74. The van der Waals surface area contributed by atoms with Crippen molar-refractivity contribution in [3.8, 4) is 17.4 Å². The molecule has 1 unspecified atom stereocenters. The Morgan fingerprint density at radius 2 is 2.04 bits per heavy atom. The van der Waals surface area contributed by atoms with Gasteiger partial charge in [0.25, 0.3) is 5.03 Å². The van der Waals surface area contributed by atoms with Gasteiger partial charge in [0.05, 0.1) is 17.6 Å². The molecule has 1 atom stereocenters. The highest BCUT2D eigenvalue weighted by atomic mass is 32.2. The van der Waals surface area contributed by atoms with Gasteiger partial charge in [-0.05, 0) is 35.5 Å². The lowest BCUT2D eigenvalue weighted by Crippen LogP contribution is -2.36. The van der Waals surface area contributed by atoms with Crippen molar-refractivity contribution in [1.82, 2.24) is 5.27 Å². The Bertz CT molecular complexity index is 898. The third kappa shape index (κ3) is 3.97. The van der Waals surface area contributed by atoms with Gasteiger partial charge in [-0.25, -0.2) is 0 Å². The zero-order chi connectivity index (χ0) is 18.5. The fourth-order valence-corrected chi connectivity index (χ4v) is 3.11. The Morgan fingerprint density at radius 3 is 2.77 bits per heavy atom. The van der Waals surface area contributed by atoms with Gasteiger partial charge in [0.1, 0.15) is 5.75 Å². The van der Waals surface area contributed by atoms with E-state index in [0.29, 0.717) is 17.1 Å². The Morgan fingerprint density at radius 1 is 1.27 bits per heavy atom. The minimum Gasteiger partial charge on any atom is -0.538 e. The van der Waals surface area contributed by atoms with Crippen LogP contribution in [0.15, 0.2) is 64.1 Å². The van der Waals surface area contributed by atoms with E-state index in [2.05, 4.69) is 10.6 Å². The van der Waals surface area contributed by atoms with Crippen LogP contribution in [0.1, 0.15) is 6.92 Å². The molecule has 0 bridgehead atoms. The molecule has 1 aromatic heterocycles. The predicted molar refractivity (Wildman–Crippen MR) is 94.4 cm³/mol. The van der Waals surface area contributed by atoms with E-state index in [1.165, 1.54) is 4.68 Å². The lowest BCUT2D eigenvalue weighted by Gasteiger charge is -2.11. The quantitative estimate of drug-likeness (QED) is 0.527. The van der Waals surface area contributed by atoms with Gasteiger partial charge in [-0.1, -0.05) is 24.3 Å². The number of nitrogens with zero attached hydrogens (tertiary/aromatic N) is 2. The summed E-state index contributed by atoms with van der Waals surface area (Å²) in [7, 11) is 1.56. The summed E-state index contributed by atoms with van der Waals surface area (Å²) in [5.41, 5.74) is 1.30. The normalized spacial score (nSPS) is 11.8. The number of ether oxygens (including phenoxy) is 1. The van der Waals surface area contributed by atoms with E-state index in [1.54, 1.807) is 50.4 Å². The smallest absolute Gasteiger partial charge is 0.298 e. The highest BCUT2D eigenvalue weighted by Gasteiger charge is 2.26. The molecule has 0 saturated heterocycles. The molecule has 134 valence electrons. The van der Waals surface area contributed by atoms with E-state index in [9.17, 15) is 9.90 Å². The van der Waals surface area contributed by atoms with Crippen LogP contribution in [0.2, 0.25) is 0 Å². The maximum atomic E-state index is 12.5. The molecule has 26 heavy (non-hydrogen) atoms. The lowest BCUT2D eigenvalue weighted by molar-refractivity contribution is -0.705. The second-order valence-electron chi connectivity index (χ2n) is 5.39. The fraction of sp³-hybridized carbons (Fsp3) is 0.167. The molecule has 3 aromatic rings. The first-order chi connectivity index (χ1) is 12.6. The minimum atomic E-state index is -0.583. The van der Waals surface area contributed by atoms with Crippen LogP contribution >= 0.6 is 11.8 Å². The molecule has 0 aliphatic rings. The molecule has 8 heteroatoms. The molecule has 3 rings (SSSR count). The van der Waals surface area contributed by atoms with Crippen LogP contribution in [0.3, 0.4) is 0 Å². The number of rotatable bonds is 6. The number of benzene rings is 2. The Hall–Kier alpha value is -3.00. The highest BCUT2D eigenvalue weighted by Crippen LogP contribution is 2.28. The third-order valence-electron chi connectivity index (χ3n) is 3.57. The summed E-state index contributed by atoms with van der Waals surface area (Å²) in [4.78, 5) is 12.5. The zero-order valence-corrected chi connectivity index (χ0v) is 15.0. The van der Waals surface area contributed by atoms with Crippen molar-refractivity contribution in [2.75, 3.05) is 12.4 Å². The number of methoxy groups -OCH3 is 1. The van der Waals surface area contributed by atoms with Gasteiger partial charge in [-0.2, -0.15) is 0 Å². The Labute approximate surface area is 154 Å². The van der Waals surface area contributed by atoms with Crippen molar-refractivity contribution in [3.05, 3.63) is 54.6 Å². The number of nitrogens with one attached hydrogen (secondary N) is 1. The molecule has 0 spiro atoms. The minimum absolute atomic E-state index is 0.240. The first-order valence-corrected chi connectivity index (χ1v) is 8.72. The summed E-state index contributed by atoms with van der Waals surface area (Å²) in [6.07, 6.45) is 0. The molecular weight excluding hydrogens is 354 g/mol. The monoisotopic (exact) mass is 371 g/mol. The Kier molecular flexibility index (Phi) is 5.43. The summed E-state index contributed by atoms with van der Waals surface area (Å²) in [6, 6.07) is 16.2. The zero-order valence-electron chi connectivity index (χ0n) is 14.2. The molecule has 1 N–H and O–H groups in total. The topological polar surface area (TPSA) is 91.3 Å². The number of hydrogen-bond donors (Lipinski definition) is 1. The number of para-hydroxylation sites is 1. The van der Waals surface area contributed by atoms with Crippen molar-refractivity contribution in [2.24, 2.45) is 0 Å². The van der Waals surface area contributed by atoms with E-state index >= 15 is 0 Å². The van der Waals surface area contributed by atoms with Gasteiger partial charge < -0.3 is 19.7 Å². The van der Waals surface area contributed by atoms with Gasteiger partial charge >= 0.3 is 0 Å². The van der Waals surface area contributed by atoms with Crippen molar-refractivity contribution in [2.45, 2.75) is 17.2 Å². The molecule has 0 aliphatic heterocycles. The van der Waals surface area contributed by atoms with Crippen molar-refractivity contribution in [3.63, 3.8) is 0 Å². The molecule has 1 heterocycles. The lowest BCUT2D eigenvalue weighted by atomic mass is 10.3. The van der Waals surface area contributed by atoms with Crippen LogP contribution in [-0.2, 0) is 4.79 Å². The second kappa shape index (κ2) is 7.92. The standard InChI is InChI=1S/C18H17N3O4S/c1-12(16(22)19-13-7-6-10-15(11-13)24-2)26-17-18(23)25-20-21(17)14-8-4-3-5-9-14/h3-12H,1-2H3,(H-,19,20,22,23). The largest absolute Gasteiger partial charge is 0.538 e. The van der Waals surface area contributed by atoms with Crippen LogP contribution < -0.4 is 19.8 Å². The number of hydrogen-bond acceptors (Lipinski definition) is 6. The van der Waals surface area contributed by atoms with Crippen molar-refractivity contribution < 1.29 is 23.8 Å². The summed E-state index contributed by atoms with van der Waals surface area (Å²) in [6.45, 7) is 1.71. The summed E-state index contributed by atoms with van der Waals surface area (Å²) in [5, 5.41) is 18.3. The summed E-state index contributed by atoms with van der Waals surface area (Å²) < 4.78 is 11.3. The van der Waals surface area contributed by atoms with Crippen LogP contribution in [0.5, 0.6) is 11.7 Å². The van der Waals surface area contributed by atoms with Gasteiger partial charge in [-0.3, -0.25) is 4.79 Å². The van der Waals surface area contributed by atoms with Gasteiger partial charge in [0, 0.05) is 23.9 Å². The number of anilines is 1. The number of carbonyl (C=O) groups is 1. The summed E-state index contributed by atoms with van der Waals surface area (Å²) in [5.74, 6) is -0.186. The van der Waals surface area contributed by atoms with E-state index in [1.807, 2.05) is 18.2 Å². The highest BCUT2D eigenvalue weighted by molar-refractivity contribution is 8.00. The first-order valence-electron chi connectivity index (χ1n) is 7.84. The molecule has 2 aromatic carbocycles. The van der Waals surface area contributed by atoms with Crippen LogP contribution in [0.25, 0.3) is 5.69 Å².